The summed E-state index contributed by atoms with van der Waals surface area (Å²) in [7, 11) is 1.56. The van der Waals surface area contributed by atoms with Crippen molar-refractivity contribution in [3.63, 3.8) is 0 Å². The summed E-state index contributed by atoms with van der Waals surface area (Å²) in [6, 6.07) is 8.48. The molecule has 0 N–H and O–H groups in total. The largest absolute Gasteiger partial charge is 0.496 e. The second-order valence-electron chi connectivity index (χ2n) is 4.35. The summed E-state index contributed by atoms with van der Waals surface area (Å²) in [5, 5.41) is -0.626. The van der Waals surface area contributed by atoms with Crippen LogP contribution in [0.1, 0.15) is 22.1 Å². The Morgan fingerprint density at radius 3 is 2.60 bits per heavy atom. The standard InChI is InChI=1S/C15H12BrCl2FO/c1-8-6-13(20-2)10(7-11(8)16)14(18)9-4-3-5-12(17)15(9)19/h3-7,14H,1-2H3. The highest BCUT2D eigenvalue weighted by Crippen LogP contribution is 2.39. The monoisotopic (exact) mass is 376 g/mol. The zero-order chi connectivity index (χ0) is 14.9. The molecule has 1 nitrogen and oxygen atoms in total. The number of alkyl halides is 1. The van der Waals surface area contributed by atoms with Crippen LogP contribution in [0.3, 0.4) is 0 Å². The molecule has 0 spiro atoms. The van der Waals surface area contributed by atoms with Gasteiger partial charge >= 0.3 is 0 Å². The van der Waals surface area contributed by atoms with E-state index >= 15 is 0 Å². The van der Waals surface area contributed by atoms with Gasteiger partial charge in [-0.15, -0.1) is 11.6 Å². The number of halogens is 4. The molecule has 20 heavy (non-hydrogen) atoms. The van der Waals surface area contributed by atoms with Crippen molar-refractivity contribution in [3.8, 4) is 5.75 Å². The maximum atomic E-state index is 14.1. The van der Waals surface area contributed by atoms with Crippen molar-refractivity contribution in [3.05, 3.63) is 62.3 Å². The number of rotatable bonds is 3. The molecule has 0 aliphatic carbocycles. The Morgan fingerprint density at radius 1 is 1.25 bits per heavy atom. The Labute approximate surface area is 135 Å². The van der Waals surface area contributed by atoms with Crippen LogP contribution in [0, 0.1) is 12.7 Å². The molecule has 0 heterocycles. The second-order valence-corrected chi connectivity index (χ2v) is 6.05. The lowest BCUT2D eigenvalue weighted by atomic mass is 10.0. The molecule has 2 aromatic rings. The van der Waals surface area contributed by atoms with E-state index in [2.05, 4.69) is 15.9 Å². The summed E-state index contributed by atoms with van der Waals surface area (Å²) in [6.45, 7) is 1.94. The zero-order valence-electron chi connectivity index (χ0n) is 10.9. The molecule has 0 bridgehead atoms. The highest BCUT2D eigenvalue weighted by atomic mass is 79.9. The Kier molecular flexibility index (Phi) is 4.95. The van der Waals surface area contributed by atoms with Crippen LogP contribution in [0.5, 0.6) is 5.75 Å². The fourth-order valence-electron chi connectivity index (χ4n) is 1.93. The van der Waals surface area contributed by atoms with Gasteiger partial charge in [-0.2, -0.15) is 0 Å². The summed E-state index contributed by atoms with van der Waals surface area (Å²) in [4.78, 5) is 0. The summed E-state index contributed by atoms with van der Waals surface area (Å²) in [6.07, 6.45) is 0. The van der Waals surface area contributed by atoms with Gasteiger partial charge in [0.1, 0.15) is 11.6 Å². The lowest BCUT2D eigenvalue weighted by Crippen LogP contribution is -2.01. The molecule has 2 rings (SSSR count). The van der Waals surface area contributed by atoms with Gasteiger partial charge < -0.3 is 4.74 Å². The number of methoxy groups -OCH3 is 1. The first-order chi connectivity index (χ1) is 9.45. The lowest BCUT2D eigenvalue weighted by Gasteiger charge is -2.17. The maximum absolute atomic E-state index is 14.1. The fraction of sp³-hybridized carbons (Fsp3) is 0.200. The van der Waals surface area contributed by atoms with Gasteiger partial charge in [0.15, 0.2) is 0 Å². The minimum absolute atomic E-state index is 0.0540. The summed E-state index contributed by atoms with van der Waals surface area (Å²) in [5.41, 5.74) is 2.03. The van der Waals surface area contributed by atoms with Gasteiger partial charge in [0.2, 0.25) is 0 Å². The number of aryl methyl sites for hydroxylation is 1. The Hall–Kier alpha value is -0.770. The van der Waals surface area contributed by atoms with E-state index in [1.807, 2.05) is 19.1 Å². The minimum Gasteiger partial charge on any atom is -0.496 e. The van der Waals surface area contributed by atoms with Gasteiger partial charge in [0.25, 0.3) is 0 Å². The normalized spacial score (nSPS) is 12.3. The van der Waals surface area contributed by atoms with E-state index < -0.39 is 11.2 Å². The van der Waals surface area contributed by atoms with Crippen LogP contribution < -0.4 is 4.74 Å². The molecule has 0 aliphatic heterocycles. The van der Waals surface area contributed by atoms with E-state index in [4.69, 9.17) is 27.9 Å². The van der Waals surface area contributed by atoms with Gasteiger partial charge in [-0.25, -0.2) is 4.39 Å². The SMILES string of the molecule is COc1cc(C)c(Br)cc1C(Cl)c1cccc(Cl)c1F. The van der Waals surface area contributed by atoms with Crippen LogP contribution >= 0.6 is 39.1 Å². The molecule has 0 saturated heterocycles. The van der Waals surface area contributed by atoms with Crippen molar-refractivity contribution in [1.29, 1.82) is 0 Å². The van der Waals surface area contributed by atoms with Crippen molar-refractivity contribution in [1.82, 2.24) is 0 Å². The lowest BCUT2D eigenvalue weighted by molar-refractivity contribution is 0.409. The molecular weight excluding hydrogens is 366 g/mol. The Bertz CT molecular complexity index is 646. The van der Waals surface area contributed by atoms with Crippen molar-refractivity contribution in [2.75, 3.05) is 7.11 Å². The number of ether oxygens (including phenoxy) is 1. The van der Waals surface area contributed by atoms with Crippen molar-refractivity contribution >= 4 is 39.1 Å². The van der Waals surface area contributed by atoms with E-state index in [1.54, 1.807) is 19.2 Å². The maximum Gasteiger partial charge on any atom is 0.146 e. The molecule has 1 atom stereocenters. The molecule has 0 aromatic heterocycles. The molecule has 0 saturated carbocycles. The summed E-state index contributed by atoms with van der Waals surface area (Å²) < 4.78 is 20.3. The zero-order valence-corrected chi connectivity index (χ0v) is 14.0. The van der Waals surface area contributed by atoms with Crippen LogP contribution in [0.25, 0.3) is 0 Å². The van der Waals surface area contributed by atoms with Crippen molar-refractivity contribution in [2.45, 2.75) is 12.3 Å². The summed E-state index contributed by atoms with van der Waals surface area (Å²) >= 11 is 15.7. The Morgan fingerprint density at radius 2 is 1.95 bits per heavy atom. The van der Waals surface area contributed by atoms with Crippen molar-refractivity contribution < 1.29 is 9.13 Å². The molecule has 106 valence electrons. The third kappa shape index (κ3) is 2.95. The van der Waals surface area contributed by atoms with Gasteiger partial charge in [-0.05, 0) is 30.7 Å². The van der Waals surface area contributed by atoms with Gasteiger partial charge in [0.05, 0.1) is 17.5 Å². The third-order valence-electron chi connectivity index (χ3n) is 3.04. The second kappa shape index (κ2) is 6.33. The summed E-state index contributed by atoms with van der Waals surface area (Å²) in [5.74, 6) is 0.109. The average Bonchev–Trinajstić information content (AvgIpc) is 2.43. The number of benzene rings is 2. The number of hydrogen-bond donors (Lipinski definition) is 0. The molecule has 2 aromatic carbocycles. The van der Waals surface area contributed by atoms with Crippen LogP contribution in [0.2, 0.25) is 5.02 Å². The van der Waals surface area contributed by atoms with Crippen molar-refractivity contribution in [2.24, 2.45) is 0 Å². The molecule has 1 unspecified atom stereocenters. The third-order valence-corrected chi connectivity index (χ3v) is 4.65. The molecular formula is C15H12BrCl2FO. The molecule has 0 radical (unpaired) electrons. The van der Waals surface area contributed by atoms with Gasteiger partial charge in [-0.3, -0.25) is 0 Å². The topological polar surface area (TPSA) is 9.23 Å². The predicted molar refractivity (Wildman–Crippen MR) is 84.5 cm³/mol. The van der Waals surface area contributed by atoms with E-state index in [0.717, 1.165) is 10.0 Å². The average molecular weight is 378 g/mol. The van der Waals surface area contributed by atoms with Crippen LogP contribution in [0.15, 0.2) is 34.8 Å². The first kappa shape index (κ1) is 15.6. The highest BCUT2D eigenvalue weighted by molar-refractivity contribution is 9.10. The minimum atomic E-state index is -0.680. The Balaban J connectivity index is 2.55. The van der Waals surface area contributed by atoms with E-state index in [9.17, 15) is 4.39 Å². The van der Waals surface area contributed by atoms with E-state index in [-0.39, 0.29) is 5.02 Å². The highest BCUT2D eigenvalue weighted by Gasteiger charge is 2.21. The first-order valence-electron chi connectivity index (χ1n) is 5.87. The van der Waals surface area contributed by atoms with E-state index in [1.165, 1.54) is 6.07 Å². The molecule has 0 fully saturated rings. The van der Waals surface area contributed by atoms with Gasteiger partial charge in [0, 0.05) is 15.6 Å². The van der Waals surface area contributed by atoms with Crippen LogP contribution in [-0.2, 0) is 0 Å². The fourth-order valence-corrected chi connectivity index (χ4v) is 2.81. The van der Waals surface area contributed by atoms with Crippen LogP contribution in [0.4, 0.5) is 4.39 Å². The van der Waals surface area contributed by atoms with E-state index in [0.29, 0.717) is 16.9 Å². The molecule has 0 aliphatic rings. The van der Waals surface area contributed by atoms with Crippen LogP contribution in [-0.4, -0.2) is 7.11 Å². The number of hydrogen-bond acceptors (Lipinski definition) is 1. The quantitative estimate of drug-likeness (QED) is 0.606. The van der Waals surface area contributed by atoms with Gasteiger partial charge in [-0.1, -0.05) is 39.7 Å². The molecule has 5 heteroatoms. The smallest absolute Gasteiger partial charge is 0.146 e. The molecule has 0 amide bonds. The predicted octanol–water partition coefficient (Wildman–Crippen LogP) is 5.89. The first-order valence-corrected chi connectivity index (χ1v) is 7.48.